The number of esters is 1. The highest BCUT2D eigenvalue weighted by atomic mass is 35.5. The van der Waals surface area contributed by atoms with Crippen molar-refractivity contribution in [2.75, 3.05) is 13.7 Å². The van der Waals surface area contributed by atoms with Gasteiger partial charge in [-0.3, -0.25) is 9.36 Å². The molecule has 0 bridgehead atoms. The zero-order valence-electron chi connectivity index (χ0n) is 19.5. The quantitative estimate of drug-likeness (QED) is 0.427. The van der Waals surface area contributed by atoms with Crippen LogP contribution in [-0.4, -0.2) is 30.9 Å². The summed E-state index contributed by atoms with van der Waals surface area (Å²) < 4.78 is 42.0. The van der Waals surface area contributed by atoms with E-state index < -0.39 is 18.6 Å². The predicted octanol–water partition coefficient (Wildman–Crippen LogP) is 4.06. The summed E-state index contributed by atoms with van der Waals surface area (Å²) in [4.78, 5) is 31.4. The monoisotopic (exact) mass is 534 g/mol. The van der Waals surface area contributed by atoms with Gasteiger partial charge in [-0.15, -0.1) is 0 Å². The van der Waals surface area contributed by atoms with E-state index in [0.717, 1.165) is 11.3 Å². The molecule has 1 aliphatic heterocycles. The van der Waals surface area contributed by atoms with Gasteiger partial charge < -0.3 is 14.2 Å². The van der Waals surface area contributed by atoms with Gasteiger partial charge in [-0.05, 0) is 55.3 Å². The van der Waals surface area contributed by atoms with Crippen molar-refractivity contribution in [3.05, 3.63) is 89.6 Å². The molecule has 36 heavy (non-hydrogen) atoms. The topological polar surface area (TPSA) is 79.1 Å². The molecule has 1 aromatic heterocycles. The van der Waals surface area contributed by atoms with Crippen molar-refractivity contribution >= 4 is 35.0 Å². The Labute approximate surface area is 213 Å². The summed E-state index contributed by atoms with van der Waals surface area (Å²) in [5.41, 5.74) is 1.52. The number of thiazole rings is 1. The summed E-state index contributed by atoms with van der Waals surface area (Å²) in [6.07, 6.45) is 1.60. The number of ether oxygens (including phenoxy) is 3. The van der Waals surface area contributed by atoms with E-state index in [4.69, 9.17) is 21.1 Å². The van der Waals surface area contributed by atoms with Crippen molar-refractivity contribution in [1.82, 2.24) is 4.57 Å². The highest BCUT2D eigenvalue weighted by Gasteiger charge is 2.33. The molecule has 0 aliphatic carbocycles. The first-order chi connectivity index (χ1) is 17.2. The molecule has 0 spiro atoms. The SMILES string of the molecule is CCOC(=O)C1=C(C)N=c2sc(=Cc3ccc(OC(F)F)c(OC)c3)c(=O)n2C1c1ccc(Cl)cc1. The van der Waals surface area contributed by atoms with Gasteiger partial charge in [0.05, 0.1) is 35.6 Å². The lowest BCUT2D eigenvalue weighted by atomic mass is 9.96. The van der Waals surface area contributed by atoms with Gasteiger partial charge in [0.1, 0.15) is 0 Å². The zero-order valence-corrected chi connectivity index (χ0v) is 21.0. The number of carbonyl (C=O) groups is 1. The summed E-state index contributed by atoms with van der Waals surface area (Å²) in [5.74, 6) is -0.591. The van der Waals surface area contributed by atoms with Crippen LogP contribution in [0.1, 0.15) is 31.0 Å². The number of hydrogen-bond acceptors (Lipinski definition) is 7. The van der Waals surface area contributed by atoms with Crippen LogP contribution >= 0.6 is 22.9 Å². The molecule has 1 unspecified atom stereocenters. The summed E-state index contributed by atoms with van der Waals surface area (Å²) >= 11 is 7.20. The molecule has 0 N–H and O–H groups in total. The van der Waals surface area contributed by atoms with Gasteiger partial charge in [-0.2, -0.15) is 8.78 Å². The molecule has 0 fully saturated rings. The summed E-state index contributed by atoms with van der Waals surface area (Å²) in [6.45, 7) is 0.559. The number of carbonyl (C=O) groups excluding carboxylic acids is 1. The summed E-state index contributed by atoms with van der Waals surface area (Å²) in [5, 5.41) is 0.512. The molecule has 0 saturated heterocycles. The first-order valence-corrected chi connectivity index (χ1v) is 12.0. The molecule has 1 aliphatic rings. The van der Waals surface area contributed by atoms with Gasteiger partial charge in [0.15, 0.2) is 16.3 Å². The maximum absolute atomic E-state index is 13.6. The van der Waals surface area contributed by atoms with E-state index in [1.807, 2.05) is 0 Å². The largest absolute Gasteiger partial charge is 0.493 e. The van der Waals surface area contributed by atoms with E-state index in [1.54, 1.807) is 44.2 Å². The minimum Gasteiger partial charge on any atom is -0.493 e. The number of alkyl halides is 2. The van der Waals surface area contributed by atoms with Crippen LogP contribution in [-0.2, 0) is 9.53 Å². The van der Waals surface area contributed by atoms with Crippen LogP contribution in [0.2, 0.25) is 5.02 Å². The third-order valence-corrected chi connectivity index (χ3v) is 6.64. The highest BCUT2D eigenvalue weighted by Crippen LogP contribution is 2.32. The first kappa shape index (κ1) is 25.6. The van der Waals surface area contributed by atoms with Gasteiger partial charge in [0.2, 0.25) is 0 Å². The van der Waals surface area contributed by atoms with E-state index in [9.17, 15) is 18.4 Å². The molecule has 3 aromatic rings. The van der Waals surface area contributed by atoms with Crippen molar-refractivity contribution in [2.45, 2.75) is 26.5 Å². The number of hydrogen-bond donors (Lipinski definition) is 0. The fourth-order valence-corrected chi connectivity index (χ4v) is 5.04. The molecule has 0 radical (unpaired) electrons. The van der Waals surface area contributed by atoms with Crippen LogP contribution in [0, 0.1) is 0 Å². The Balaban J connectivity index is 1.88. The van der Waals surface area contributed by atoms with E-state index in [1.165, 1.54) is 29.9 Å². The van der Waals surface area contributed by atoms with Gasteiger partial charge in [-0.1, -0.05) is 41.1 Å². The Hall–Kier alpha value is -3.50. The average molecular weight is 535 g/mol. The van der Waals surface area contributed by atoms with E-state index in [-0.39, 0.29) is 29.2 Å². The lowest BCUT2D eigenvalue weighted by molar-refractivity contribution is -0.139. The second-order valence-electron chi connectivity index (χ2n) is 7.64. The summed E-state index contributed by atoms with van der Waals surface area (Å²) in [7, 11) is 1.33. The van der Waals surface area contributed by atoms with Crippen molar-refractivity contribution in [3.63, 3.8) is 0 Å². The molecule has 11 heteroatoms. The number of allylic oxidation sites excluding steroid dienone is 1. The molecular formula is C25H21ClF2N2O5S. The Kier molecular flexibility index (Phi) is 7.56. The number of benzene rings is 2. The van der Waals surface area contributed by atoms with Crippen molar-refractivity contribution < 1.29 is 27.8 Å². The Morgan fingerprint density at radius 3 is 2.58 bits per heavy atom. The minimum absolute atomic E-state index is 0.0938. The molecule has 1 atom stereocenters. The van der Waals surface area contributed by atoms with E-state index in [0.29, 0.717) is 31.2 Å². The zero-order chi connectivity index (χ0) is 26.0. The van der Waals surface area contributed by atoms with Gasteiger partial charge in [0, 0.05) is 5.02 Å². The maximum atomic E-state index is 13.6. The van der Waals surface area contributed by atoms with Gasteiger partial charge >= 0.3 is 12.6 Å². The fraction of sp³-hybridized carbons (Fsp3) is 0.240. The lowest BCUT2D eigenvalue weighted by Crippen LogP contribution is -2.39. The minimum atomic E-state index is -3.00. The van der Waals surface area contributed by atoms with Crippen LogP contribution in [0.5, 0.6) is 11.5 Å². The average Bonchev–Trinajstić information content (AvgIpc) is 3.13. The Morgan fingerprint density at radius 2 is 1.94 bits per heavy atom. The standard InChI is InChI=1S/C25H21ClF2N2O5S/c1-4-34-23(32)20-13(2)29-25-30(21(20)15-6-8-16(26)9-7-15)22(31)19(36-25)12-14-5-10-17(35-24(27)28)18(11-14)33-3/h5-12,21,24H,4H2,1-3H3. The normalized spacial score (nSPS) is 15.5. The van der Waals surface area contributed by atoms with E-state index >= 15 is 0 Å². The molecule has 4 rings (SSSR count). The van der Waals surface area contributed by atoms with Crippen LogP contribution < -0.4 is 24.4 Å². The second kappa shape index (κ2) is 10.6. The van der Waals surface area contributed by atoms with Crippen molar-refractivity contribution in [2.24, 2.45) is 4.99 Å². The van der Waals surface area contributed by atoms with Crippen LogP contribution in [0.4, 0.5) is 8.78 Å². The molecule has 7 nitrogen and oxygen atoms in total. The number of nitrogens with zero attached hydrogens (tertiary/aromatic N) is 2. The van der Waals surface area contributed by atoms with Crippen LogP contribution in [0.25, 0.3) is 6.08 Å². The summed E-state index contributed by atoms with van der Waals surface area (Å²) in [6, 6.07) is 10.4. The number of aromatic nitrogens is 1. The molecule has 2 aromatic carbocycles. The van der Waals surface area contributed by atoms with Crippen LogP contribution in [0.15, 0.2) is 63.5 Å². The van der Waals surface area contributed by atoms with Crippen LogP contribution in [0.3, 0.4) is 0 Å². The Bertz CT molecular complexity index is 1510. The molecule has 2 heterocycles. The van der Waals surface area contributed by atoms with Crippen molar-refractivity contribution in [1.29, 1.82) is 0 Å². The predicted molar refractivity (Wildman–Crippen MR) is 131 cm³/mol. The fourth-order valence-electron chi connectivity index (χ4n) is 3.87. The molecule has 0 amide bonds. The number of rotatable bonds is 7. The number of methoxy groups -OCH3 is 1. The van der Waals surface area contributed by atoms with E-state index in [2.05, 4.69) is 9.73 Å². The smallest absolute Gasteiger partial charge is 0.387 e. The third kappa shape index (κ3) is 5.05. The second-order valence-corrected chi connectivity index (χ2v) is 9.09. The molecule has 188 valence electrons. The number of fused-ring (bicyclic) bond motifs is 1. The maximum Gasteiger partial charge on any atom is 0.387 e. The van der Waals surface area contributed by atoms with Gasteiger partial charge in [-0.25, -0.2) is 9.79 Å². The lowest BCUT2D eigenvalue weighted by Gasteiger charge is -2.24. The number of halogens is 3. The molecule has 0 saturated carbocycles. The first-order valence-electron chi connectivity index (χ1n) is 10.8. The van der Waals surface area contributed by atoms with Crippen molar-refractivity contribution in [3.8, 4) is 11.5 Å². The highest BCUT2D eigenvalue weighted by molar-refractivity contribution is 7.07. The Morgan fingerprint density at radius 1 is 1.22 bits per heavy atom. The molecular weight excluding hydrogens is 514 g/mol. The van der Waals surface area contributed by atoms with Gasteiger partial charge in [0.25, 0.3) is 5.56 Å². The third-order valence-electron chi connectivity index (χ3n) is 5.40.